The molecule has 7 heteroatoms. The van der Waals surface area contributed by atoms with Crippen LogP contribution in [0.1, 0.15) is 6.92 Å². The van der Waals surface area contributed by atoms with Gasteiger partial charge < -0.3 is 11.1 Å². The van der Waals surface area contributed by atoms with Gasteiger partial charge in [-0.2, -0.15) is 0 Å². The molecule has 3 N–H and O–H groups in total. The summed E-state index contributed by atoms with van der Waals surface area (Å²) >= 11 is 1.01. The van der Waals surface area contributed by atoms with Crippen molar-refractivity contribution in [2.75, 3.05) is 11.9 Å². The Morgan fingerprint density at radius 1 is 1.92 bits per heavy atom. The van der Waals surface area contributed by atoms with Gasteiger partial charge in [-0.25, -0.2) is 4.98 Å². The van der Waals surface area contributed by atoms with Crippen LogP contribution < -0.4 is 11.1 Å². The number of nitrogens with zero attached hydrogens (tertiary/aromatic N) is 2. The number of anilines is 1. The number of rotatable bonds is 4. The number of aromatic nitrogens is 1. The first-order valence-electron chi connectivity index (χ1n) is 3.70. The molecule has 1 atom stereocenters. The highest BCUT2D eigenvalue weighted by Gasteiger charge is 2.11. The molecule has 0 bridgehead atoms. The summed E-state index contributed by atoms with van der Waals surface area (Å²) in [4.78, 5) is 13.7. The molecule has 1 heterocycles. The molecule has 0 aliphatic heterocycles. The summed E-state index contributed by atoms with van der Waals surface area (Å²) < 4.78 is 0. The summed E-state index contributed by atoms with van der Waals surface area (Å²) in [5.74, 6) is 0. The lowest BCUT2D eigenvalue weighted by molar-refractivity contribution is -0.380. The van der Waals surface area contributed by atoms with Gasteiger partial charge in [0.05, 0.1) is 4.92 Å². The van der Waals surface area contributed by atoms with E-state index in [1.165, 1.54) is 6.20 Å². The average molecular weight is 202 g/mol. The van der Waals surface area contributed by atoms with Crippen LogP contribution in [0.2, 0.25) is 0 Å². The highest BCUT2D eigenvalue weighted by atomic mass is 32.1. The molecular formula is C6H10N4O2S. The molecule has 1 unspecified atom stereocenters. The fourth-order valence-corrected chi connectivity index (χ4v) is 1.43. The Balaban J connectivity index is 2.64. The quantitative estimate of drug-likeness (QED) is 0.556. The topological polar surface area (TPSA) is 94.1 Å². The van der Waals surface area contributed by atoms with Gasteiger partial charge in [-0.1, -0.05) is 0 Å². The van der Waals surface area contributed by atoms with E-state index in [1.54, 1.807) is 0 Å². The second-order valence-corrected chi connectivity index (χ2v) is 3.55. The molecule has 0 saturated carbocycles. The van der Waals surface area contributed by atoms with Crippen molar-refractivity contribution in [3.05, 3.63) is 16.3 Å². The summed E-state index contributed by atoms with van der Waals surface area (Å²) in [7, 11) is 0. The van der Waals surface area contributed by atoms with E-state index < -0.39 is 4.92 Å². The molecular weight excluding hydrogens is 192 g/mol. The Morgan fingerprint density at radius 3 is 3.08 bits per heavy atom. The van der Waals surface area contributed by atoms with Crippen LogP contribution in [0.3, 0.4) is 0 Å². The van der Waals surface area contributed by atoms with Crippen molar-refractivity contribution in [2.45, 2.75) is 13.0 Å². The largest absolute Gasteiger partial charge is 0.358 e. The van der Waals surface area contributed by atoms with Gasteiger partial charge in [0, 0.05) is 12.6 Å². The number of thiazole rings is 1. The smallest absolute Gasteiger partial charge is 0.345 e. The van der Waals surface area contributed by atoms with Gasteiger partial charge in [-0.3, -0.25) is 10.1 Å². The van der Waals surface area contributed by atoms with Crippen molar-refractivity contribution >= 4 is 21.5 Å². The van der Waals surface area contributed by atoms with Crippen molar-refractivity contribution < 1.29 is 4.92 Å². The second kappa shape index (κ2) is 4.15. The normalized spacial score (nSPS) is 12.5. The van der Waals surface area contributed by atoms with Gasteiger partial charge in [0.25, 0.3) is 0 Å². The predicted molar refractivity (Wildman–Crippen MR) is 50.9 cm³/mol. The maximum atomic E-state index is 10.3. The number of nitrogens with two attached hydrogens (primary N) is 1. The molecule has 1 aromatic rings. The molecule has 1 rings (SSSR count). The minimum Gasteiger partial charge on any atom is -0.358 e. The summed E-state index contributed by atoms with van der Waals surface area (Å²) in [6.45, 7) is 2.35. The van der Waals surface area contributed by atoms with E-state index in [2.05, 4.69) is 10.3 Å². The molecule has 0 aromatic carbocycles. The van der Waals surface area contributed by atoms with E-state index >= 15 is 0 Å². The SMILES string of the molecule is CC(CN)Nc1ncc([N+](=O)[O-])s1. The van der Waals surface area contributed by atoms with E-state index in [-0.39, 0.29) is 11.0 Å². The molecule has 0 radical (unpaired) electrons. The molecule has 1 aromatic heterocycles. The van der Waals surface area contributed by atoms with E-state index in [0.29, 0.717) is 11.7 Å². The number of nitro groups is 1. The first-order chi connectivity index (χ1) is 6.13. The molecule has 0 aliphatic carbocycles. The molecule has 0 aliphatic rings. The Morgan fingerprint density at radius 2 is 2.62 bits per heavy atom. The molecule has 0 spiro atoms. The lowest BCUT2D eigenvalue weighted by Crippen LogP contribution is -2.24. The van der Waals surface area contributed by atoms with Crippen molar-refractivity contribution in [1.82, 2.24) is 4.98 Å². The number of hydrogen-bond donors (Lipinski definition) is 2. The van der Waals surface area contributed by atoms with Crippen LogP contribution in [0.5, 0.6) is 0 Å². The summed E-state index contributed by atoms with van der Waals surface area (Å²) in [5, 5.41) is 13.8. The van der Waals surface area contributed by atoms with Gasteiger partial charge in [0.15, 0.2) is 5.13 Å². The van der Waals surface area contributed by atoms with E-state index in [9.17, 15) is 10.1 Å². The zero-order valence-electron chi connectivity index (χ0n) is 7.06. The minimum atomic E-state index is -0.462. The third kappa shape index (κ3) is 2.63. The molecule has 0 amide bonds. The first kappa shape index (κ1) is 9.87. The van der Waals surface area contributed by atoms with Crippen molar-refractivity contribution in [3.63, 3.8) is 0 Å². The fourth-order valence-electron chi connectivity index (χ4n) is 0.686. The van der Waals surface area contributed by atoms with Crippen molar-refractivity contribution in [2.24, 2.45) is 5.73 Å². The highest BCUT2D eigenvalue weighted by molar-refractivity contribution is 7.18. The summed E-state index contributed by atoms with van der Waals surface area (Å²) in [6, 6.07) is 0.0748. The van der Waals surface area contributed by atoms with Gasteiger partial charge in [-0.15, -0.1) is 0 Å². The van der Waals surface area contributed by atoms with Crippen LogP contribution in [-0.4, -0.2) is 22.5 Å². The molecule has 13 heavy (non-hydrogen) atoms. The Bertz CT molecular complexity index is 301. The average Bonchev–Trinajstić information content (AvgIpc) is 2.52. The monoisotopic (exact) mass is 202 g/mol. The van der Waals surface area contributed by atoms with Crippen molar-refractivity contribution in [3.8, 4) is 0 Å². The lowest BCUT2D eigenvalue weighted by Gasteiger charge is -2.07. The van der Waals surface area contributed by atoms with E-state index in [4.69, 9.17) is 5.73 Å². The zero-order chi connectivity index (χ0) is 9.84. The van der Waals surface area contributed by atoms with Crippen molar-refractivity contribution in [1.29, 1.82) is 0 Å². The molecule has 6 nitrogen and oxygen atoms in total. The maximum Gasteiger partial charge on any atom is 0.345 e. The zero-order valence-corrected chi connectivity index (χ0v) is 7.87. The Kier molecular flexibility index (Phi) is 3.15. The fraction of sp³-hybridized carbons (Fsp3) is 0.500. The van der Waals surface area contributed by atoms with Crippen LogP contribution in [0.15, 0.2) is 6.20 Å². The number of nitrogens with one attached hydrogen (secondary N) is 1. The van der Waals surface area contributed by atoms with Crippen LogP contribution in [0.4, 0.5) is 10.1 Å². The molecule has 0 saturated heterocycles. The van der Waals surface area contributed by atoms with Gasteiger partial charge >= 0.3 is 5.00 Å². The van der Waals surface area contributed by atoms with Gasteiger partial charge in [-0.05, 0) is 18.3 Å². The van der Waals surface area contributed by atoms with E-state index in [0.717, 1.165) is 11.3 Å². The number of hydrogen-bond acceptors (Lipinski definition) is 6. The first-order valence-corrected chi connectivity index (χ1v) is 4.52. The molecule has 0 fully saturated rings. The Hall–Kier alpha value is -1.21. The third-order valence-corrected chi connectivity index (χ3v) is 2.28. The van der Waals surface area contributed by atoms with Crippen LogP contribution >= 0.6 is 11.3 Å². The molecule has 72 valence electrons. The van der Waals surface area contributed by atoms with Gasteiger partial charge in [0.1, 0.15) is 6.20 Å². The van der Waals surface area contributed by atoms with Crippen LogP contribution in [0.25, 0.3) is 0 Å². The van der Waals surface area contributed by atoms with Gasteiger partial charge in [0.2, 0.25) is 0 Å². The standard InChI is InChI=1S/C6H10N4O2S/c1-4(2-7)9-6-8-3-5(13-6)10(11)12/h3-4H,2,7H2,1H3,(H,8,9). The summed E-state index contributed by atoms with van der Waals surface area (Å²) in [6.07, 6.45) is 1.23. The lowest BCUT2D eigenvalue weighted by atomic mass is 10.4. The highest BCUT2D eigenvalue weighted by Crippen LogP contribution is 2.25. The van der Waals surface area contributed by atoms with Crippen LogP contribution in [-0.2, 0) is 0 Å². The third-order valence-electron chi connectivity index (χ3n) is 1.40. The predicted octanol–water partition coefficient (Wildman–Crippen LogP) is 0.810. The summed E-state index contributed by atoms with van der Waals surface area (Å²) in [5.41, 5.74) is 5.37. The second-order valence-electron chi connectivity index (χ2n) is 2.54. The minimum absolute atomic E-state index is 0.0340. The maximum absolute atomic E-state index is 10.3. The Labute approximate surface area is 78.9 Å². The van der Waals surface area contributed by atoms with Crippen LogP contribution in [0, 0.1) is 10.1 Å². The van der Waals surface area contributed by atoms with E-state index in [1.807, 2.05) is 6.92 Å².